The van der Waals surface area contributed by atoms with Crippen molar-refractivity contribution in [3.63, 3.8) is 0 Å². The van der Waals surface area contributed by atoms with Crippen LogP contribution in [0, 0.1) is 0 Å². The molecular weight excluding hydrogens is 290 g/mol. The Morgan fingerprint density at radius 3 is 2.40 bits per heavy atom. The van der Waals surface area contributed by atoms with E-state index in [-0.39, 0.29) is 0 Å². The van der Waals surface area contributed by atoms with Gasteiger partial charge in [-0.1, -0.05) is 6.92 Å². The van der Waals surface area contributed by atoms with Gasteiger partial charge in [-0.2, -0.15) is 11.8 Å². The highest BCUT2D eigenvalue weighted by atomic mass is 32.2. The third-order valence-electron chi connectivity index (χ3n) is 3.00. The molecule has 20 heavy (non-hydrogen) atoms. The molecule has 0 heterocycles. The summed E-state index contributed by atoms with van der Waals surface area (Å²) < 4.78 is 10.7. The Hall–Kier alpha value is -0.520. The second-order valence-electron chi connectivity index (χ2n) is 4.46. The van der Waals surface area contributed by atoms with Gasteiger partial charge >= 0.3 is 0 Å². The van der Waals surface area contributed by atoms with Crippen molar-refractivity contribution < 1.29 is 9.47 Å². The number of hydrogen-bond acceptors (Lipinski definition) is 5. The molecule has 1 N–H and O–H groups in total. The Kier molecular flexibility index (Phi) is 8.26. The van der Waals surface area contributed by atoms with Crippen LogP contribution < -0.4 is 14.8 Å². The van der Waals surface area contributed by atoms with Gasteiger partial charge in [0.05, 0.1) is 14.2 Å². The molecule has 1 rings (SSSR count). The fourth-order valence-electron chi connectivity index (χ4n) is 1.87. The fourth-order valence-corrected chi connectivity index (χ4v) is 3.19. The average Bonchev–Trinajstić information content (AvgIpc) is 2.49. The van der Waals surface area contributed by atoms with Crippen LogP contribution in [0.15, 0.2) is 17.0 Å². The second kappa shape index (κ2) is 9.42. The zero-order chi connectivity index (χ0) is 15.0. The molecule has 1 atom stereocenters. The molecule has 0 radical (unpaired) electrons. The van der Waals surface area contributed by atoms with Crippen LogP contribution in [0.1, 0.15) is 19.4 Å². The molecule has 0 amide bonds. The van der Waals surface area contributed by atoms with Gasteiger partial charge in [0, 0.05) is 23.2 Å². The summed E-state index contributed by atoms with van der Waals surface area (Å²) in [6.07, 6.45) is 2.08. The lowest BCUT2D eigenvalue weighted by Crippen LogP contribution is -2.28. The van der Waals surface area contributed by atoms with E-state index in [1.54, 1.807) is 26.0 Å². The van der Waals surface area contributed by atoms with Crippen LogP contribution in [0.25, 0.3) is 0 Å². The summed E-state index contributed by atoms with van der Waals surface area (Å²) >= 11 is 3.70. The van der Waals surface area contributed by atoms with Crippen LogP contribution in [0.2, 0.25) is 0 Å². The maximum atomic E-state index is 5.38. The Labute approximate surface area is 131 Å². The SMILES string of the molecule is CCSCC(C)NCc1cc(OC)c(OC)cc1SC. The summed E-state index contributed by atoms with van der Waals surface area (Å²) in [5.74, 6) is 3.88. The third kappa shape index (κ3) is 5.11. The lowest BCUT2D eigenvalue weighted by atomic mass is 10.2. The first kappa shape index (κ1) is 17.5. The van der Waals surface area contributed by atoms with Gasteiger partial charge in [-0.25, -0.2) is 0 Å². The molecule has 5 heteroatoms. The molecular formula is C15H25NO2S2. The highest BCUT2D eigenvalue weighted by Gasteiger charge is 2.11. The van der Waals surface area contributed by atoms with Crippen LogP contribution in [0.4, 0.5) is 0 Å². The maximum absolute atomic E-state index is 5.38. The largest absolute Gasteiger partial charge is 0.493 e. The Morgan fingerprint density at radius 1 is 1.20 bits per heavy atom. The van der Waals surface area contributed by atoms with Gasteiger partial charge in [-0.3, -0.25) is 0 Å². The van der Waals surface area contributed by atoms with Gasteiger partial charge in [0.25, 0.3) is 0 Å². The number of ether oxygens (including phenoxy) is 2. The van der Waals surface area contributed by atoms with E-state index in [0.29, 0.717) is 6.04 Å². The number of benzene rings is 1. The molecule has 0 bridgehead atoms. The second-order valence-corrected chi connectivity index (χ2v) is 6.63. The predicted octanol–water partition coefficient (Wildman–Crippen LogP) is 3.66. The minimum Gasteiger partial charge on any atom is -0.493 e. The number of nitrogens with one attached hydrogen (secondary N) is 1. The summed E-state index contributed by atoms with van der Waals surface area (Å²) in [6, 6.07) is 4.62. The normalized spacial score (nSPS) is 12.2. The van der Waals surface area contributed by atoms with Gasteiger partial charge in [0.2, 0.25) is 0 Å². The van der Waals surface area contributed by atoms with Crippen LogP contribution in [-0.2, 0) is 6.54 Å². The Morgan fingerprint density at radius 2 is 1.85 bits per heavy atom. The molecule has 0 aromatic heterocycles. The highest BCUT2D eigenvalue weighted by Crippen LogP contribution is 2.34. The van der Waals surface area contributed by atoms with E-state index in [1.165, 1.54) is 16.2 Å². The average molecular weight is 316 g/mol. The molecule has 0 fully saturated rings. The highest BCUT2D eigenvalue weighted by molar-refractivity contribution is 7.99. The molecule has 1 aromatic rings. The molecule has 0 aliphatic rings. The third-order valence-corrected chi connectivity index (χ3v) is 4.96. The Bertz CT molecular complexity index is 413. The lowest BCUT2D eigenvalue weighted by molar-refractivity contribution is 0.353. The molecule has 0 aliphatic carbocycles. The van der Waals surface area contributed by atoms with Crippen molar-refractivity contribution in [2.24, 2.45) is 0 Å². The van der Waals surface area contributed by atoms with E-state index in [9.17, 15) is 0 Å². The van der Waals surface area contributed by atoms with Gasteiger partial charge in [0.15, 0.2) is 11.5 Å². The maximum Gasteiger partial charge on any atom is 0.161 e. The van der Waals surface area contributed by atoms with E-state index in [4.69, 9.17) is 9.47 Å². The minimum absolute atomic E-state index is 0.503. The fraction of sp³-hybridized carbons (Fsp3) is 0.600. The van der Waals surface area contributed by atoms with Gasteiger partial charge in [-0.15, -0.1) is 11.8 Å². The molecule has 0 spiro atoms. The van der Waals surface area contributed by atoms with Gasteiger partial charge in [-0.05, 0) is 36.6 Å². The van der Waals surface area contributed by atoms with E-state index < -0.39 is 0 Å². The van der Waals surface area contributed by atoms with Crippen molar-refractivity contribution in [3.8, 4) is 11.5 Å². The van der Waals surface area contributed by atoms with Crippen LogP contribution >= 0.6 is 23.5 Å². The smallest absolute Gasteiger partial charge is 0.161 e. The number of rotatable bonds is 9. The molecule has 0 aliphatic heterocycles. The van der Waals surface area contributed by atoms with Crippen molar-refractivity contribution in [2.45, 2.75) is 31.3 Å². The number of hydrogen-bond donors (Lipinski definition) is 1. The molecule has 1 aromatic carbocycles. The van der Waals surface area contributed by atoms with Crippen LogP contribution in [0.5, 0.6) is 11.5 Å². The van der Waals surface area contributed by atoms with Crippen molar-refractivity contribution in [3.05, 3.63) is 17.7 Å². The van der Waals surface area contributed by atoms with Gasteiger partial charge in [0.1, 0.15) is 0 Å². The number of methoxy groups -OCH3 is 2. The molecule has 0 saturated carbocycles. The van der Waals surface area contributed by atoms with E-state index in [1.807, 2.05) is 17.8 Å². The lowest BCUT2D eigenvalue weighted by Gasteiger charge is -2.17. The van der Waals surface area contributed by atoms with Crippen molar-refractivity contribution in [1.82, 2.24) is 5.32 Å². The first-order valence-electron chi connectivity index (χ1n) is 6.76. The van der Waals surface area contributed by atoms with Crippen molar-refractivity contribution in [2.75, 3.05) is 32.0 Å². The Balaban J connectivity index is 2.77. The molecule has 114 valence electrons. The molecule has 3 nitrogen and oxygen atoms in total. The standard InChI is InChI=1S/C15H25NO2S2/c1-6-20-10-11(2)16-9-12-7-13(17-3)14(18-4)8-15(12)19-5/h7-8,11,16H,6,9-10H2,1-5H3. The van der Waals surface area contributed by atoms with E-state index >= 15 is 0 Å². The quantitative estimate of drug-likeness (QED) is 0.703. The van der Waals surface area contributed by atoms with Gasteiger partial charge < -0.3 is 14.8 Å². The first-order valence-corrected chi connectivity index (χ1v) is 9.14. The molecule has 1 unspecified atom stereocenters. The van der Waals surface area contributed by atoms with Crippen molar-refractivity contribution >= 4 is 23.5 Å². The van der Waals surface area contributed by atoms with E-state index in [2.05, 4.69) is 31.5 Å². The van der Waals surface area contributed by atoms with Crippen LogP contribution in [-0.4, -0.2) is 38.0 Å². The topological polar surface area (TPSA) is 30.5 Å². The van der Waals surface area contributed by atoms with Crippen molar-refractivity contribution in [1.29, 1.82) is 0 Å². The summed E-state index contributed by atoms with van der Waals surface area (Å²) in [5.41, 5.74) is 1.25. The monoisotopic (exact) mass is 315 g/mol. The number of thioether (sulfide) groups is 2. The summed E-state index contributed by atoms with van der Waals surface area (Å²) in [6.45, 7) is 5.27. The summed E-state index contributed by atoms with van der Waals surface area (Å²) in [7, 11) is 3.35. The summed E-state index contributed by atoms with van der Waals surface area (Å²) in [5, 5.41) is 3.57. The molecule has 0 saturated heterocycles. The zero-order valence-electron chi connectivity index (χ0n) is 13.0. The predicted molar refractivity (Wildman–Crippen MR) is 90.6 cm³/mol. The van der Waals surface area contributed by atoms with Crippen LogP contribution in [0.3, 0.4) is 0 Å². The zero-order valence-corrected chi connectivity index (χ0v) is 14.6. The first-order chi connectivity index (χ1) is 9.65. The van der Waals surface area contributed by atoms with E-state index in [0.717, 1.165) is 23.8 Å². The summed E-state index contributed by atoms with van der Waals surface area (Å²) in [4.78, 5) is 1.23. The minimum atomic E-state index is 0.503.